The van der Waals surface area contributed by atoms with E-state index in [0.717, 1.165) is 12.8 Å². The van der Waals surface area contributed by atoms with Gasteiger partial charge in [0.05, 0.1) is 26.9 Å². The van der Waals surface area contributed by atoms with Crippen molar-refractivity contribution in [3.05, 3.63) is 33.1 Å². The summed E-state index contributed by atoms with van der Waals surface area (Å²) < 4.78 is 11.4. The van der Waals surface area contributed by atoms with Crippen molar-refractivity contribution >= 4 is 5.97 Å². The number of aliphatic hydroxyl groups is 1. The van der Waals surface area contributed by atoms with Crippen LogP contribution < -0.4 is 10.2 Å². The number of carbonyl (C=O) groups excluding carboxylic acids is 1. The van der Waals surface area contributed by atoms with E-state index in [4.69, 9.17) is 9.84 Å². The molecule has 1 unspecified atom stereocenters. The van der Waals surface area contributed by atoms with E-state index in [1.165, 1.54) is 23.9 Å². The average Bonchev–Trinajstić information content (AvgIpc) is 2.54. The topological polar surface area (TPSA) is 107 Å². The lowest BCUT2D eigenvalue weighted by molar-refractivity contribution is 0.0579. The van der Waals surface area contributed by atoms with Crippen LogP contribution in [0.15, 0.2) is 22.2 Å². The Bertz CT molecular complexity index is 569. The summed E-state index contributed by atoms with van der Waals surface area (Å²) in [6.45, 7) is 1.72. The summed E-state index contributed by atoms with van der Waals surface area (Å²) in [5, 5.41) is 11.8. The minimum absolute atomic E-state index is 0.0607. The largest absolute Gasteiger partial charge is 0.487 e. The number of rotatable bonds is 9. The molecule has 1 aromatic rings. The first-order valence-corrected chi connectivity index (χ1v) is 6.96. The van der Waals surface area contributed by atoms with Crippen LogP contribution in [0.1, 0.15) is 30.3 Å². The second-order valence-corrected chi connectivity index (χ2v) is 4.65. The van der Waals surface area contributed by atoms with E-state index in [2.05, 4.69) is 9.91 Å². The number of hydrogen-bond acceptors (Lipinski definition) is 7. The fourth-order valence-electron chi connectivity index (χ4n) is 1.82. The third-order valence-electron chi connectivity index (χ3n) is 3.02. The van der Waals surface area contributed by atoms with E-state index < -0.39 is 24.0 Å². The van der Waals surface area contributed by atoms with Crippen molar-refractivity contribution in [1.29, 1.82) is 0 Å². The van der Waals surface area contributed by atoms with Crippen LogP contribution in [-0.2, 0) is 11.3 Å². The summed E-state index contributed by atoms with van der Waals surface area (Å²) in [6.07, 6.45) is 2.94. The van der Waals surface area contributed by atoms with Crippen molar-refractivity contribution in [3.63, 3.8) is 0 Å². The van der Waals surface area contributed by atoms with Gasteiger partial charge in [0.2, 0.25) is 5.43 Å². The van der Waals surface area contributed by atoms with Crippen LogP contribution in [0.3, 0.4) is 0 Å². The SMILES string of the molecule is CCCCOc1c(C(=O)OC)n(CC(CO)N=O)ccc1=O. The molecule has 1 aromatic heterocycles. The van der Waals surface area contributed by atoms with Gasteiger partial charge in [0.25, 0.3) is 0 Å². The van der Waals surface area contributed by atoms with Crippen molar-refractivity contribution in [2.24, 2.45) is 5.18 Å². The summed E-state index contributed by atoms with van der Waals surface area (Å²) >= 11 is 0. The van der Waals surface area contributed by atoms with E-state index >= 15 is 0 Å². The number of nitroso groups, excluding NO2 is 1. The normalized spacial score (nSPS) is 11.8. The molecule has 1 atom stereocenters. The molecule has 0 aromatic carbocycles. The maximum Gasteiger partial charge on any atom is 0.358 e. The fraction of sp³-hybridized carbons (Fsp3) is 0.571. The van der Waals surface area contributed by atoms with Crippen LogP contribution in [0.25, 0.3) is 0 Å². The standard InChI is InChI=1S/C14H20N2O6/c1-3-4-7-22-13-11(18)5-6-16(8-10(9-17)15-20)12(13)14(19)21-2/h5-6,10,17H,3-4,7-9H2,1-2H3. The molecule has 122 valence electrons. The molecule has 1 heterocycles. The number of carbonyl (C=O) groups is 1. The van der Waals surface area contributed by atoms with Crippen LogP contribution >= 0.6 is 0 Å². The zero-order chi connectivity index (χ0) is 16.5. The van der Waals surface area contributed by atoms with Crippen molar-refractivity contribution in [2.75, 3.05) is 20.3 Å². The second kappa shape index (κ2) is 8.93. The quantitative estimate of drug-likeness (QED) is 0.413. The number of esters is 1. The van der Waals surface area contributed by atoms with Gasteiger partial charge in [-0.15, -0.1) is 0 Å². The van der Waals surface area contributed by atoms with Crippen LogP contribution in [0.2, 0.25) is 0 Å². The van der Waals surface area contributed by atoms with E-state index in [1.807, 2.05) is 6.92 Å². The lowest BCUT2D eigenvalue weighted by Gasteiger charge is -2.17. The van der Waals surface area contributed by atoms with Crippen LogP contribution in [-0.4, -0.2) is 42.0 Å². The second-order valence-electron chi connectivity index (χ2n) is 4.65. The van der Waals surface area contributed by atoms with Crippen LogP contribution in [0.5, 0.6) is 5.75 Å². The Labute approximate surface area is 127 Å². The molecule has 0 saturated heterocycles. The van der Waals surface area contributed by atoms with Crippen molar-refractivity contribution in [2.45, 2.75) is 32.4 Å². The minimum atomic E-state index is -0.936. The Balaban J connectivity index is 3.25. The van der Waals surface area contributed by atoms with Gasteiger partial charge >= 0.3 is 5.97 Å². The van der Waals surface area contributed by atoms with Crippen molar-refractivity contribution < 1.29 is 19.4 Å². The highest BCUT2D eigenvalue weighted by molar-refractivity contribution is 5.90. The highest BCUT2D eigenvalue weighted by atomic mass is 16.5. The molecule has 0 bridgehead atoms. The van der Waals surface area contributed by atoms with Gasteiger partial charge in [-0.2, -0.15) is 4.91 Å². The van der Waals surface area contributed by atoms with Crippen LogP contribution in [0, 0.1) is 4.91 Å². The minimum Gasteiger partial charge on any atom is -0.487 e. The number of pyridine rings is 1. The number of aliphatic hydroxyl groups excluding tert-OH is 1. The van der Waals surface area contributed by atoms with E-state index in [9.17, 15) is 14.5 Å². The molecule has 1 N–H and O–H groups in total. The van der Waals surface area contributed by atoms with Gasteiger partial charge in [0, 0.05) is 12.3 Å². The number of unbranched alkanes of at least 4 members (excludes halogenated alkanes) is 1. The molecular formula is C14H20N2O6. The summed E-state index contributed by atoms with van der Waals surface area (Å²) in [6, 6.07) is 0.293. The number of aromatic nitrogens is 1. The van der Waals surface area contributed by atoms with Gasteiger partial charge in [0.1, 0.15) is 6.04 Å². The van der Waals surface area contributed by atoms with E-state index in [0.29, 0.717) is 0 Å². The lowest BCUT2D eigenvalue weighted by atomic mass is 10.2. The number of nitrogens with zero attached hydrogens (tertiary/aromatic N) is 2. The first kappa shape index (κ1) is 17.8. The monoisotopic (exact) mass is 312 g/mol. The third-order valence-corrected chi connectivity index (χ3v) is 3.02. The molecule has 0 radical (unpaired) electrons. The molecule has 0 aliphatic carbocycles. The molecule has 0 saturated carbocycles. The highest BCUT2D eigenvalue weighted by Crippen LogP contribution is 2.16. The molecule has 0 aliphatic rings. The fourth-order valence-corrected chi connectivity index (χ4v) is 1.82. The van der Waals surface area contributed by atoms with Crippen LogP contribution in [0.4, 0.5) is 0 Å². The van der Waals surface area contributed by atoms with Gasteiger partial charge in [-0.05, 0) is 6.42 Å². The molecule has 8 nitrogen and oxygen atoms in total. The van der Waals surface area contributed by atoms with Gasteiger partial charge < -0.3 is 19.1 Å². The number of methoxy groups -OCH3 is 1. The molecule has 22 heavy (non-hydrogen) atoms. The summed E-state index contributed by atoms with van der Waals surface area (Å²) in [5.41, 5.74) is -0.541. The summed E-state index contributed by atoms with van der Waals surface area (Å²) in [5.74, 6) is -0.878. The van der Waals surface area contributed by atoms with Crippen molar-refractivity contribution in [3.8, 4) is 5.75 Å². The number of hydrogen-bond donors (Lipinski definition) is 1. The molecule has 1 rings (SSSR count). The zero-order valence-corrected chi connectivity index (χ0v) is 12.7. The van der Waals surface area contributed by atoms with E-state index in [-0.39, 0.29) is 24.6 Å². The summed E-state index contributed by atoms with van der Waals surface area (Å²) in [4.78, 5) is 34.5. The van der Waals surface area contributed by atoms with E-state index in [1.54, 1.807) is 0 Å². The smallest absolute Gasteiger partial charge is 0.358 e. The molecule has 0 amide bonds. The Kier molecular flexibility index (Phi) is 7.24. The maximum absolute atomic E-state index is 12.0. The first-order chi connectivity index (χ1) is 10.6. The molecule has 0 spiro atoms. The maximum atomic E-state index is 12.0. The average molecular weight is 312 g/mol. The zero-order valence-electron chi connectivity index (χ0n) is 12.7. The Morgan fingerprint density at radius 2 is 2.23 bits per heavy atom. The van der Waals surface area contributed by atoms with Gasteiger partial charge in [0.15, 0.2) is 11.4 Å². The molecule has 0 fully saturated rings. The van der Waals surface area contributed by atoms with Gasteiger partial charge in [-0.25, -0.2) is 4.79 Å². The molecule has 8 heteroatoms. The highest BCUT2D eigenvalue weighted by Gasteiger charge is 2.22. The third kappa shape index (κ3) is 4.39. The Morgan fingerprint density at radius 3 is 2.77 bits per heavy atom. The molecule has 0 aliphatic heterocycles. The van der Waals surface area contributed by atoms with Gasteiger partial charge in [-0.3, -0.25) is 4.79 Å². The van der Waals surface area contributed by atoms with Gasteiger partial charge in [-0.1, -0.05) is 18.5 Å². The first-order valence-electron chi connectivity index (χ1n) is 6.96. The van der Waals surface area contributed by atoms with Crippen molar-refractivity contribution in [1.82, 2.24) is 4.57 Å². The lowest BCUT2D eigenvalue weighted by Crippen LogP contribution is -2.26. The number of ether oxygens (including phenoxy) is 2. The Morgan fingerprint density at radius 1 is 1.50 bits per heavy atom. The summed E-state index contributed by atoms with van der Waals surface area (Å²) in [7, 11) is 1.18. The predicted octanol–water partition coefficient (Wildman–Crippen LogP) is 0.941. The predicted molar refractivity (Wildman–Crippen MR) is 79.1 cm³/mol. The Hall–Kier alpha value is -2.22. The molecular weight excluding hydrogens is 292 g/mol.